The predicted molar refractivity (Wildman–Crippen MR) is 148 cm³/mol. The average Bonchev–Trinajstić information content (AvgIpc) is 3.22. The normalized spacial score (nSPS) is 17.2. The molecule has 3 rings (SSSR count). The molecule has 214 valence electrons. The summed E-state index contributed by atoms with van der Waals surface area (Å²) in [5.41, 5.74) is -0.805. The highest BCUT2D eigenvalue weighted by Gasteiger charge is 2.43. The molecule has 3 unspecified atom stereocenters. The molecule has 11 heteroatoms. The number of aromatic hydroxyl groups is 2. The second-order valence-electron chi connectivity index (χ2n) is 10.3. The Kier molecular flexibility index (Phi) is 9.47. The van der Waals surface area contributed by atoms with Crippen LogP contribution in [0.4, 0.5) is 4.39 Å². The summed E-state index contributed by atoms with van der Waals surface area (Å²) >= 11 is 5.90. The molecule has 0 fully saturated rings. The zero-order valence-corrected chi connectivity index (χ0v) is 24.5. The number of carbonyl (C=O) groups excluding carboxylic acids is 2. The Morgan fingerprint density at radius 3 is 2.41 bits per heavy atom. The van der Waals surface area contributed by atoms with Gasteiger partial charge in [0, 0.05) is 24.7 Å². The molecular formula is C28H36ClFN2O6S. The van der Waals surface area contributed by atoms with Gasteiger partial charge in [-0.1, -0.05) is 38.4 Å². The molecule has 8 nitrogen and oxygen atoms in total. The minimum atomic E-state index is -1.88. The van der Waals surface area contributed by atoms with Gasteiger partial charge in [0.05, 0.1) is 37.7 Å². The fourth-order valence-corrected chi connectivity index (χ4v) is 6.57. The van der Waals surface area contributed by atoms with Crippen LogP contribution >= 0.6 is 11.6 Å². The van der Waals surface area contributed by atoms with Gasteiger partial charge in [-0.15, -0.1) is 0 Å². The van der Waals surface area contributed by atoms with Gasteiger partial charge in [0.2, 0.25) is 0 Å². The van der Waals surface area contributed by atoms with Crippen LogP contribution in [0.25, 0.3) is 0 Å². The summed E-state index contributed by atoms with van der Waals surface area (Å²) in [7, 11) is -1.88. The number of hydrogen-bond donors (Lipinski definition) is 3. The number of phenols is 2. The maximum Gasteiger partial charge on any atom is 0.258 e. The van der Waals surface area contributed by atoms with E-state index in [1.54, 1.807) is 18.7 Å². The van der Waals surface area contributed by atoms with Crippen molar-refractivity contribution >= 4 is 34.1 Å². The highest BCUT2D eigenvalue weighted by Crippen LogP contribution is 2.43. The zero-order chi connectivity index (χ0) is 29.3. The van der Waals surface area contributed by atoms with E-state index < -0.39 is 50.3 Å². The van der Waals surface area contributed by atoms with E-state index in [2.05, 4.69) is 0 Å². The van der Waals surface area contributed by atoms with E-state index >= 15 is 0 Å². The predicted octanol–water partition coefficient (Wildman–Crippen LogP) is 4.72. The van der Waals surface area contributed by atoms with Crippen molar-refractivity contribution < 1.29 is 33.5 Å². The topological polar surface area (TPSA) is 118 Å². The van der Waals surface area contributed by atoms with Gasteiger partial charge in [0.25, 0.3) is 5.91 Å². The Bertz CT molecular complexity index is 1300. The number of fused-ring (bicyclic) bond motifs is 1. The van der Waals surface area contributed by atoms with Crippen LogP contribution in [0.3, 0.4) is 0 Å². The molecule has 0 aromatic heterocycles. The molecule has 39 heavy (non-hydrogen) atoms. The second kappa shape index (κ2) is 11.9. The number of halogens is 2. The van der Waals surface area contributed by atoms with Crippen LogP contribution in [0.15, 0.2) is 29.2 Å². The lowest BCUT2D eigenvalue weighted by Gasteiger charge is -2.41. The van der Waals surface area contributed by atoms with E-state index in [9.17, 15) is 33.5 Å². The van der Waals surface area contributed by atoms with Crippen LogP contribution in [0.1, 0.15) is 75.4 Å². The van der Waals surface area contributed by atoms with Gasteiger partial charge in [-0.25, -0.2) is 4.39 Å². The highest BCUT2D eigenvalue weighted by atomic mass is 35.5. The Labute approximate surface area is 235 Å². The third kappa shape index (κ3) is 5.99. The standard InChI is InChI=1S/C28H36ClFN2O6S/c1-6-11-32(16-23(34)27(4,37)7-2)28(5,8-3)39(38)22-13-21(33)25(35)24-18(22)15-31(26(24)36)14-17-9-10-20(30)19(29)12-17/h9-10,12-13,33,35,37H,6-8,11,14-16H2,1-5H3. The van der Waals surface area contributed by atoms with E-state index in [1.165, 1.54) is 36.1 Å². The average molecular weight is 583 g/mol. The number of aliphatic hydroxyl groups is 1. The van der Waals surface area contributed by atoms with Crippen molar-refractivity contribution in [2.75, 3.05) is 13.1 Å². The lowest BCUT2D eigenvalue weighted by atomic mass is 9.97. The van der Waals surface area contributed by atoms with Gasteiger partial charge >= 0.3 is 0 Å². The molecule has 1 amide bonds. The fraction of sp³-hybridized carbons (Fsp3) is 0.500. The fourth-order valence-electron chi connectivity index (χ4n) is 4.64. The second-order valence-corrected chi connectivity index (χ2v) is 12.5. The van der Waals surface area contributed by atoms with Gasteiger partial charge in [-0.3, -0.25) is 18.7 Å². The summed E-state index contributed by atoms with van der Waals surface area (Å²) in [6, 6.07) is 5.30. The van der Waals surface area contributed by atoms with Crippen molar-refractivity contribution in [2.24, 2.45) is 0 Å². The Balaban J connectivity index is 2.03. The molecule has 1 aliphatic heterocycles. The van der Waals surface area contributed by atoms with Crippen molar-refractivity contribution in [3.05, 3.63) is 51.8 Å². The minimum absolute atomic E-state index is 0.00484. The summed E-state index contributed by atoms with van der Waals surface area (Å²) in [6.07, 6.45) is 1.23. The number of ketones is 1. The Morgan fingerprint density at radius 2 is 1.85 bits per heavy atom. The zero-order valence-electron chi connectivity index (χ0n) is 22.9. The van der Waals surface area contributed by atoms with E-state index in [1.807, 2.05) is 13.8 Å². The van der Waals surface area contributed by atoms with Crippen molar-refractivity contribution in [2.45, 2.75) is 82.3 Å². The number of rotatable bonds is 12. The summed E-state index contributed by atoms with van der Waals surface area (Å²) in [5.74, 6) is -2.75. The van der Waals surface area contributed by atoms with Crippen LogP contribution in [0.5, 0.6) is 11.5 Å². The summed E-state index contributed by atoms with van der Waals surface area (Å²) < 4.78 is 27.9. The first-order chi connectivity index (χ1) is 18.2. The van der Waals surface area contributed by atoms with Gasteiger partial charge in [-0.2, -0.15) is 0 Å². The lowest BCUT2D eigenvalue weighted by molar-refractivity contribution is -0.138. The minimum Gasteiger partial charge on any atom is -0.504 e. The first-order valence-electron chi connectivity index (χ1n) is 12.9. The molecule has 0 bridgehead atoms. The van der Waals surface area contributed by atoms with E-state index in [4.69, 9.17) is 11.6 Å². The SMILES string of the molecule is CCCN(CC(=O)C(C)(O)CC)C(C)(CC)S(=O)c1cc(O)c(O)c2c1CN(Cc1ccc(F)c(Cl)c1)C2=O. The van der Waals surface area contributed by atoms with Crippen molar-refractivity contribution in [1.82, 2.24) is 9.80 Å². The van der Waals surface area contributed by atoms with Crippen molar-refractivity contribution in [3.8, 4) is 11.5 Å². The van der Waals surface area contributed by atoms with Crippen LogP contribution in [-0.2, 0) is 28.7 Å². The quantitative estimate of drug-likeness (QED) is 0.310. The summed E-state index contributed by atoms with van der Waals surface area (Å²) in [6.45, 7) is 9.01. The number of phenolic OH excluding ortho intramolecular Hbond substituents is 2. The largest absolute Gasteiger partial charge is 0.504 e. The number of Topliss-reactive ketones (excluding diaryl/α,β-unsaturated/α-hetero) is 1. The number of benzene rings is 2. The van der Waals surface area contributed by atoms with E-state index in [0.29, 0.717) is 30.5 Å². The molecule has 2 aromatic carbocycles. The van der Waals surface area contributed by atoms with E-state index in [0.717, 1.165) is 0 Å². The number of carbonyl (C=O) groups is 2. The molecule has 1 heterocycles. The number of hydrogen-bond acceptors (Lipinski definition) is 7. The summed E-state index contributed by atoms with van der Waals surface area (Å²) in [5, 5.41) is 31.6. The van der Waals surface area contributed by atoms with Gasteiger partial charge in [0.1, 0.15) is 11.4 Å². The van der Waals surface area contributed by atoms with Crippen molar-refractivity contribution in [3.63, 3.8) is 0 Å². The van der Waals surface area contributed by atoms with Crippen molar-refractivity contribution in [1.29, 1.82) is 0 Å². The molecule has 0 saturated carbocycles. The first kappa shape index (κ1) is 31.0. The van der Waals surface area contributed by atoms with Gasteiger partial charge in [0.15, 0.2) is 17.3 Å². The summed E-state index contributed by atoms with van der Waals surface area (Å²) in [4.78, 5) is 28.5. The molecule has 0 saturated heterocycles. The Morgan fingerprint density at radius 1 is 1.18 bits per heavy atom. The van der Waals surface area contributed by atoms with Crippen LogP contribution in [0, 0.1) is 5.82 Å². The molecule has 0 spiro atoms. The number of nitrogens with zero attached hydrogens (tertiary/aromatic N) is 2. The maximum atomic E-state index is 14.3. The molecular weight excluding hydrogens is 547 g/mol. The number of amides is 1. The molecule has 3 N–H and O–H groups in total. The molecule has 0 radical (unpaired) electrons. The van der Waals surface area contributed by atoms with Gasteiger partial charge < -0.3 is 20.2 Å². The third-order valence-electron chi connectivity index (χ3n) is 7.60. The third-order valence-corrected chi connectivity index (χ3v) is 9.99. The monoisotopic (exact) mass is 582 g/mol. The van der Waals surface area contributed by atoms with Crippen LogP contribution in [0.2, 0.25) is 5.02 Å². The smallest absolute Gasteiger partial charge is 0.258 e. The molecule has 3 atom stereocenters. The maximum absolute atomic E-state index is 14.3. The molecule has 1 aliphatic rings. The van der Waals surface area contributed by atoms with Gasteiger partial charge in [-0.05, 0) is 57.4 Å². The molecule has 2 aromatic rings. The van der Waals surface area contributed by atoms with E-state index in [-0.39, 0.29) is 41.5 Å². The Hall–Kier alpha value is -2.53. The van der Waals surface area contributed by atoms with Crippen LogP contribution < -0.4 is 0 Å². The first-order valence-corrected chi connectivity index (χ1v) is 14.5. The lowest BCUT2D eigenvalue weighted by Crippen LogP contribution is -2.54. The highest BCUT2D eigenvalue weighted by molar-refractivity contribution is 7.86. The van der Waals surface area contributed by atoms with Crippen LogP contribution in [-0.4, -0.2) is 64.6 Å². The molecule has 0 aliphatic carbocycles.